The van der Waals surface area contributed by atoms with Crippen LogP contribution in [-0.2, 0) is 12.0 Å². The van der Waals surface area contributed by atoms with Gasteiger partial charge in [0, 0.05) is 5.41 Å². The number of nitrogens with one attached hydrogen (secondary N) is 1. The molecule has 1 amide bonds. The Hall–Kier alpha value is -3.22. The van der Waals surface area contributed by atoms with E-state index in [-0.39, 0.29) is 23.6 Å². The van der Waals surface area contributed by atoms with Crippen LogP contribution in [0.5, 0.6) is 5.75 Å². The molecule has 2 heterocycles. The monoisotopic (exact) mass is 369 g/mol. The lowest BCUT2D eigenvalue weighted by molar-refractivity contribution is 0.0992. The van der Waals surface area contributed by atoms with Crippen molar-refractivity contribution in [2.24, 2.45) is 0 Å². The van der Waals surface area contributed by atoms with Crippen LogP contribution in [0.15, 0.2) is 53.2 Å². The molecular weight excluding hydrogens is 349 g/mol. The van der Waals surface area contributed by atoms with E-state index in [0.29, 0.717) is 23.0 Å². The van der Waals surface area contributed by atoms with Crippen LogP contribution in [0.25, 0.3) is 0 Å². The molecule has 140 valence electrons. The topological polar surface area (TPSA) is 77.2 Å². The molecule has 0 spiro atoms. The van der Waals surface area contributed by atoms with Gasteiger partial charge in [0.1, 0.15) is 29.8 Å². The van der Waals surface area contributed by atoms with Gasteiger partial charge in [0.25, 0.3) is 5.91 Å². The summed E-state index contributed by atoms with van der Waals surface area (Å²) in [6, 6.07) is 8.87. The highest BCUT2D eigenvalue weighted by Crippen LogP contribution is 2.19. The highest BCUT2D eigenvalue weighted by molar-refractivity contribution is 6.02. The summed E-state index contributed by atoms with van der Waals surface area (Å²) in [5.74, 6) is 1.08. The third-order valence-electron chi connectivity index (χ3n) is 3.66. The fraction of sp³-hybridized carbons (Fsp3) is 0.250. The fourth-order valence-corrected chi connectivity index (χ4v) is 2.24. The number of ether oxygens (including phenoxy) is 1. The van der Waals surface area contributed by atoms with Crippen LogP contribution < -0.4 is 10.1 Å². The third kappa shape index (κ3) is 4.91. The van der Waals surface area contributed by atoms with Crippen molar-refractivity contribution >= 4 is 11.6 Å². The summed E-state index contributed by atoms with van der Waals surface area (Å²) >= 11 is 0. The van der Waals surface area contributed by atoms with Gasteiger partial charge in [-0.15, -0.1) is 0 Å². The predicted molar refractivity (Wildman–Crippen MR) is 98.1 cm³/mol. The van der Waals surface area contributed by atoms with Gasteiger partial charge in [0.2, 0.25) is 0 Å². The van der Waals surface area contributed by atoms with Crippen molar-refractivity contribution in [2.45, 2.75) is 32.8 Å². The molecule has 1 N–H and O–H groups in total. The van der Waals surface area contributed by atoms with Gasteiger partial charge in [-0.1, -0.05) is 20.8 Å². The maximum absolute atomic E-state index is 12.9. The Kier molecular flexibility index (Phi) is 5.21. The summed E-state index contributed by atoms with van der Waals surface area (Å²) in [4.78, 5) is 20.8. The minimum absolute atomic E-state index is 0.127. The fourth-order valence-electron chi connectivity index (χ4n) is 2.24. The van der Waals surface area contributed by atoms with Gasteiger partial charge in [0.05, 0.1) is 18.1 Å². The maximum Gasteiger partial charge on any atom is 0.291 e. The van der Waals surface area contributed by atoms with E-state index >= 15 is 0 Å². The van der Waals surface area contributed by atoms with E-state index in [1.165, 1.54) is 24.3 Å². The van der Waals surface area contributed by atoms with Crippen LogP contribution in [0.4, 0.5) is 10.1 Å². The van der Waals surface area contributed by atoms with Crippen LogP contribution in [0, 0.1) is 5.82 Å². The Morgan fingerprint density at radius 3 is 2.41 bits per heavy atom. The van der Waals surface area contributed by atoms with E-state index in [9.17, 15) is 9.18 Å². The summed E-state index contributed by atoms with van der Waals surface area (Å²) in [6.45, 7) is 6.17. The number of hydrogen-bond acceptors (Lipinski definition) is 5. The molecule has 0 radical (unpaired) electrons. The van der Waals surface area contributed by atoms with Gasteiger partial charge in [-0.2, -0.15) is 0 Å². The van der Waals surface area contributed by atoms with Gasteiger partial charge in [-0.25, -0.2) is 14.4 Å². The van der Waals surface area contributed by atoms with E-state index in [2.05, 4.69) is 15.3 Å². The molecule has 0 fully saturated rings. The minimum atomic E-state index is -0.407. The van der Waals surface area contributed by atoms with Gasteiger partial charge in [-0.05, 0) is 36.4 Å². The first-order chi connectivity index (χ1) is 12.8. The van der Waals surface area contributed by atoms with Crippen molar-refractivity contribution in [3.05, 3.63) is 72.0 Å². The number of aromatic nitrogens is 2. The van der Waals surface area contributed by atoms with Crippen LogP contribution in [-0.4, -0.2) is 15.9 Å². The number of carbonyl (C=O) groups is 1. The first-order valence-electron chi connectivity index (χ1n) is 8.42. The molecule has 1 aromatic carbocycles. The summed E-state index contributed by atoms with van der Waals surface area (Å²) in [5.41, 5.74) is 0.316. The Bertz CT molecular complexity index is 913. The molecule has 0 aliphatic rings. The van der Waals surface area contributed by atoms with E-state index in [1.54, 1.807) is 24.5 Å². The van der Waals surface area contributed by atoms with E-state index in [1.807, 2.05) is 20.8 Å². The van der Waals surface area contributed by atoms with Crippen molar-refractivity contribution < 1.29 is 18.3 Å². The molecule has 2 aromatic heterocycles. The highest BCUT2D eigenvalue weighted by atomic mass is 19.1. The Balaban J connectivity index is 1.58. The molecule has 27 heavy (non-hydrogen) atoms. The Morgan fingerprint density at radius 1 is 1.11 bits per heavy atom. The predicted octanol–water partition coefficient (Wildman–Crippen LogP) is 4.34. The number of benzene rings is 1. The average Bonchev–Trinajstić information content (AvgIpc) is 3.10. The number of hydrogen-bond donors (Lipinski definition) is 1. The number of amides is 1. The molecule has 0 saturated carbocycles. The van der Waals surface area contributed by atoms with Gasteiger partial charge < -0.3 is 14.5 Å². The second-order valence-electron chi connectivity index (χ2n) is 7.01. The second kappa shape index (κ2) is 7.57. The zero-order valence-corrected chi connectivity index (χ0v) is 15.3. The quantitative estimate of drug-likeness (QED) is 0.724. The second-order valence-corrected chi connectivity index (χ2v) is 7.01. The first-order valence-corrected chi connectivity index (χ1v) is 8.42. The molecule has 3 aromatic rings. The molecule has 0 atom stereocenters. The average molecular weight is 369 g/mol. The van der Waals surface area contributed by atoms with E-state index < -0.39 is 5.91 Å². The number of anilines is 1. The number of rotatable bonds is 5. The molecule has 0 unspecified atom stereocenters. The smallest absolute Gasteiger partial charge is 0.291 e. The van der Waals surface area contributed by atoms with Gasteiger partial charge in [-0.3, -0.25) is 4.79 Å². The third-order valence-corrected chi connectivity index (χ3v) is 3.66. The zero-order valence-electron chi connectivity index (χ0n) is 15.3. The lowest BCUT2D eigenvalue weighted by atomic mass is 9.96. The number of carbonyl (C=O) groups excluding carboxylic acids is 1. The SMILES string of the molecule is CC(C)(C)c1ncc(NC(=O)c2ccc(COc3ccc(F)cc3)o2)cn1. The number of halogens is 1. The van der Waals surface area contributed by atoms with E-state index in [4.69, 9.17) is 9.15 Å². The van der Waals surface area contributed by atoms with Crippen LogP contribution in [0.2, 0.25) is 0 Å². The number of nitrogens with zero attached hydrogens (tertiary/aromatic N) is 2. The summed E-state index contributed by atoms with van der Waals surface area (Å²) < 4.78 is 23.9. The molecular formula is C20H20FN3O3. The van der Waals surface area contributed by atoms with Crippen molar-refractivity contribution in [1.29, 1.82) is 0 Å². The normalized spacial score (nSPS) is 11.3. The summed E-state index contributed by atoms with van der Waals surface area (Å²) in [7, 11) is 0. The number of furan rings is 1. The molecule has 3 rings (SSSR count). The lowest BCUT2D eigenvalue weighted by Crippen LogP contribution is -2.17. The summed E-state index contributed by atoms with van der Waals surface area (Å²) in [6.07, 6.45) is 3.12. The van der Waals surface area contributed by atoms with Crippen LogP contribution >= 0.6 is 0 Å². The molecule has 0 bridgehead atoms. The van der Waals surface area contributed by atoms with Crippen molar-refractivity contribution in [2.75, 3.05) is 5.32 Å². The lowest BCUT2D eigenvalue weighted by Gasteiger charge is -2.16. The zero-order chi connectivity index (χ0) is 19.4. The van der Waals surface area contributed by atoms with Crippen molar-refractivity contribution in [3.8, 4) is 5.75 Å². The highest BCUT2D eigenvalue weighted by Gasteiger charge is 2.17. The molecule has 0 aliphatic heterocycles. The van der Waals surface area contributed by atoms with Gasteiger partial charge in [0.15, 0.2) is 5.76 Å². The van der Waals surface area contributed by atoms with Crippen molar-refractivity contribution in [3.63, 3.8) is 0 Å². The molecule has 0 aliphatic carbocycles. The maximum atomic E-state index is 12.9. The van der Waals surface area contributed by atoms with Crippen LogP contribution in [0.3, 0.4) is 0 Å². The Morgan fingerprint density at radius 2 is 1.78 bits per heavy atom. The summed E-state index contributed by atoms with van der Waals surface area (Å²) in [5, 5.41) is 2.69. The van der Waals surface area contributed by atoms with Crippen molar-refractivity contribution in [1.82, 2.24) is 9.97 Å². The van der Waals surface area contributed by atoms with Gasteiger partial charge >= 0.3 is 0 Å². The van der Waals surface area contributed by atoms with E-state index in [0.717, 1.165) is 0 Å². The molecule has 7 heteroatoms. The Labute approximate surface area is 156 Å². The first kappa shape index (κ1) is 18.6. The minimum Gasteiger partial charge on any atom is -0.486 e. The molecule has 6 nitrogen and oxygen atoms in total. The largest absolute Gasteiger partial charge is 0.486 e. The van der Waals surface area contributed by atoms with Crippen LogP contribution in [0.1, 0.15) is 42.9 Å². The molecule has 0 saturated heterocycles. The standard InChI is InChI=1S/C20H20FN3O3/c1-20(2,3)19-22-10-14(11-23-19)24-18(25)17-9-8-16(27-17)12-26-15-6-4-13(21)5-7-15/h4-11H,12H2,1-3H3,(H,24,25).